The van der Waals surface area contributed by atoms with Gasteiger partial charge in [0.15, 0.2) is 29.5 Å². The topological polar surface area (TPSA) is 229 Å². The number of carbonyl (C=O) groups is 2. The second kappa shape index (κ2) is 12.8. The normalized spacial score (nSPS) is 24.1. The van der Waals surface area contributed by atoms with Crippen molar-refractivity contribution in [3.05, 3.63) is 72.3 Å². The van der Waals surface area contributed by atoms with Gasteiger partial charge in [0.2, 0.25) is 0 Å². The molecule has 1 aliphatic carbocycles. The number of amides is 1. The molecule has 2 saturated heterocycles. The van der Waals surface area contributed by atoms with Crippen molar-refractivity contribution in [2.24, 2.45) is 0 Å². The second-order valence-electron chi connectivity index (χ2n) is 12.1. The Bertz CT molecular complexity index is 1910. The fourth-order valence-electron chi connectivity index (χ4n) is 6.40. The van der Waals surface area contributed by atoms with E-state index >= 15 is 0 Å². The predicted octanol–water partition coefficient (Wildman–Crippen LogP) is 2.95. The minimum Gasteiger partial charge on any atom is -0.480 e. The number of carboxylic acid groups (broad SMARTS) is 1. The number of phosphoric acid groups is 1. The lowest BCUT2D eigenvalue weighted by atomic mass is 9.98. The standard InChI is InChI=1S/C31H33N6O11P/c1-31(2)47-24-22(46-28(25(24)48-31)37-15-35-23-26(32)33-14-34-27(23)37)13-45-49(41,42)44-12-21(29(38)39)36-30(40)43-11-20-18-9-5-3-7-16(18)17-8-4-6-10-19(17)20/h3-10,14-15,20-22,24-25,28H,11-13H2,1-2H3,(H,36,40)(H,38,39)(H,41,42)(H2,32,33,34)/t21-,22+,24+,25+,28+/m0/s1. The van der Waals surface area contributed by atoms with E-state index in [1.807, 2.05) is 48.5 Å². The van der Waals surface area contributed by atoms with Crippen LogP contribution < -0.4 is 11.1 Å². The van der Waals surface area contributed by atoms with Crippen LogP contribution >= 0.6 is 7.82 Å². The van der Waals surface area contributed by atoms with Gasteiger partial charge in [0, 0.05) is 5.92 Å². The monoisotopic (exact) mass is 696 g/mol. The lowest BCUT2D eigenvalue weighted by Crippen LogP contribution is -2.44. The van der Waals surface area contributed by atoms with Crippen LogP contribution in [0.3, 0.4) is 0 Å². The zero-order valence-electron chi connectivity index (χ0n) is 26.2. The minimum atomic E-state index is -4.87. The number of hydrogen-bond acceptors (Lipinski definition) is 13. The Labute approximate surface area is 278 Å². The number of carbonyl (C=O) groups excluding carboxylic acids is 1. The summed E-state index contributed by atoms with van der Waals surface area (Å²) in [4.78, 5) is 47.5. The molecule has 0 radical (unpaired) electrons. The third-order valence-corrected chi connectivity index (χ3v) is 9.48. The maximum atomic E-state index is 12.9. The number of aliphatic carboxylic acids is 1. The minimum absolute atomic E-state index is 0.0585. The lowest BCUT2D eigenvalue weighted by molar-refractivity contribution is -0.199. The van der Waals surface area contributed by atoms with E-state index in [-0.39, 0.29) is 18.3 Å². The third kappa shape index (κ3) is 6.49. The molecule has 49 heavy (non-hydrogen) atoms. The fourth-order valence-corrected chi connectivity index (χ4v) is 7.15. The number of anilines is 1. The fraction of sp³-hybridized carbons (Fsp3) is 0.387. The van der Waals surface area contributed by atoms with E-state index in [1.54, 1.807) is 18.4 Å². The smallest absolute Gasteiger partial charge is 0.472 e. The maximum absolute atomic E-state index is 12.9. The van der Waals surface area contributed by atoms with Crippen LogP contribution in [0, 0.1) is 0 Å². The van der Waals surface area contributed by atoms with Crippen molar-refractivity contribution >= 4 is 36.9 Å². The van der Waals surface area contributed by atoms with Gasteiger partial charge in [0.05, 0.1) is 19.5 Å². The molecule has 0 bridgehead atoms. The van der Waals surface area contributed by atoms with Crippen LogP contribution in [-0.4, -0.2) is 91.5 Å². The summed E-state index contributed by atoms with van der Waals surface area (Å²) in [5, 5.41) is 11.9. The van der Waals surface area contributed by atoms with Crippen LogP contribution in [-0.2, 0) is 37.4 Å². The number of rotatable bonds is 11. The summed E-state index contributed by atoms with van der Waals surface area (Å²) < 4.78 is 48.2. The van der Waals surface area contributed by atoms with Crippen molar-refractivity contribution in [3.8, 4) is 11.1 Å². The third-order valence-electron chi connectivity index (χ3n) is 8.53. The molecule has 7 rings (SSSR count). The average molecular weight is 697 g/mol. The number of ether oxygens (including phenoxy) is 4. The van der Waals surface area contributed by atoms with E-state index in [2.05, 4.69) is 20.3 Å². The summed E-state index contributed by atoms with van der Waals surface area (Å²) in [7, 11) is -4.87. The van der Waals surface area contributed by atoms with E-state index in [4.69, 9.17) is 33.7 Å². The van der Waals surface area contributed by atoms with Gasteiger partial charge in [-0.3, -0.25) is 13.6 Å². The highest BCUT2D eigenvalue weighted by molar-refractivity contribution is 7.47. The summed E-state index contributed by atoms with van der Waals surface area (Å²) >= 11 is 0. The van der Waals surface area contributed by atoms with Crippen molar-refractivity contribution in [3.63, 3.8) is 0 Å². The molecule has 2 aliphatic heterocycles. The largest absolute Gasteiger partial charge is 0.480 e. The Hall–Kier alpha value is -4.48. The van der Waals surface area contributed by atoms with Gasteiger partial charge in [-0.2, -0.15) is 0 Å². The molecule has 2 aromatic carbocycles. The van der Waals surface area contributed by atoms with E-state index in [1.165, 1.54) is 12.7 Å². The number of aromatic nitrogens is 4. The van der Waals surface area contributed by atoms with Crippen molar-refractivity contribution in [2.75, 3.05) is 25.6 Å². The molecule has 2 aromatic heterocycles. The number of nitrogens with zero attached hydrogens (tertiary/aromatic N) is 4. The summed E-state index contributed by atoms with van der Waals surface area (Å²) in [5.41, 5.74) is 10.7. The molecule has 2 fully saturated rings. The molecule has 18 heteroatoms. The molecule has 4 heterocycles. The highest BCUT2D eigenvalue weighted by atomic mass is 31.2. The van der Waals surface area contributed by atoms with Gasteiger partial charge in [-0.1, -0.05) is 48.5 Å². The van der Waals surface area contributed by atoms with Gasteiger partial charge < -0.3 is 40.0 Å². The number of carboxylic acids is 1. The molecular formula is C31H33N6O11P. The molecule has 4 aromatic rings. The number of nitrogens with one attached hydrogen (secondary N) is 1. The molecule has 6 atom stereocenters. The van der Waals surface area contributed by atoms with Crippen LogP contribution in [0.2, 0.25) is 0 Å². The quantitative estimate of drug-likeness (QED) is 0.165. The number of alkyl carbamates (subject to hydrolysis) is 1. The number of nitrogen functional groups attached to an aromatic ring is 1. The first-order chi connectivity index (χ1) is 23.4. The maximum Gasteiger partial charge on any atom is 0.472 e. The van der Waals surface area contributed by atoms with Gasteiger partial charge in [-0.25, -0.2) is 29.1 Å². The molecule has 0 saturated carbocycles. The molecule has 258 valence electrons. The molecule has 17 nitrogen and oxygen atoms in total. The van der Waals surface area contributed by atoms with Gasteiger partial charge in [-0.15, -0.1) is 0 Å². The number of phosphoric ester groups is 1. The molecule has 5 N–H and O–H groups in total. The van der Waals surface area contributed by atoms with Gasteiger partial charge in [-0.05, 0) is 36.1 Å². The number of hydrogen-bond donors (Lipinski definition) is 4. The SMILES string of the molecule is CC1(C)O[C@@H]2[C@H](O1)[C@@H](COP(=O)(O)OC[C@H](NC(=O)OCC1c3ccccc3-c3ccccc31)C(=O)O)O[C@H]2n1cnc2c(N)ncnc21. The van der Waals surface area contributed by atoms with Crippen LogP contribution in [0.1, 0.15) is 37.1 Å². The zero-order valence-corrected chi connectivity index (χ0v) is 27.1. The Morgan fingerprint density at radius 1 is 1.02 bits per heavy atom. The highest BCUT2D eigenvalue weighted by Crippen LogP contribution is 2.48. The van der Waals surface area contributed by atoms with Crippen molar-refractivity contribution < 1.29 is 52.1 Å². The molecule has 3 aliphatic rings. The Morgan fingerprint density at radius 2 is 1.69 bits per heavy atom. The molecule has 1 amide bonds. The number of imidazole rings is 1. The van der Waals surface area contributed by atoms with Crippen molar-refractivity contribution in [1.82, 2.24) is 24.8 Å². The summed E-state index contributed by atoms with van der Waals surface area (Å²) in [5.74, 6) is -2.61. The summed E-state index contributed by atoms with van der Waals surface area (Å²) in [6.45, 7) is 1.97. The predicted molar refractivity (Wildman–Crippen MR) is 169 cm³/mol. The molecule has 1 unspecified atom stereocenters. The Balaban J connectivity index is 0.953. The average Bonchev–Trinajstić information content (AvgIpc) is 3.80. The first-order valence-corrected chi connectivity index (χ1v) is 16.8. The lowest BCUT2D eigenvalue weighted by Gasteiger charge is -2.25. The summed E-state index contributed by atoms with van der Waals surface area (Å²) in [6, 6.07) is 13.8. The first-order valence-electron chi connectivity index (χ1n) is 15.3. The van der Waals surface area contributed by atoms with Crippen LogP contribution in [0.4, 0.5) is 10.6 Å². The van der Waals surface area contributed by atoms with Gasteiger partial charge >= 0.3 is 19.9 Å². The van der Waals surface area contributed by atoms with Crippen molar-refractivity contribution in [1.29, 1.82) is 0 Å². The summed E-state index contributed by atoms with van der Waals surface area (Å²) in [6.07, 6.45) is -1.46. The van der Waals surface area contributed by atoms with E-state index in [9.17, 15) is 24.2 Å². The van der Waals surface area contributed by atoms with Crippen LogP contribution in [0.5, 0.6) is 0 Å². The Kier molecular flexibility index (Phi) is 8.60. The zero-order chi connectivity index (χ0) is 34.5. The number of benzene rings is 2. The second-order valence-corrected chi connectivity index (χ2v) is 13.6. The van der Waals surface area contributed by atoms with E-state index in [0.717, 1.165) is 22.3 Å². The van der Waals surface area contributed by atoms with Gasteiger partial charge in [0.25, 0.3) is 0 Å². The number of fused-ring (bicyclic) bond motifs is 5. The van der Waals surface area contributed by atoms with E-state index in [0.29, 0.717) is 11.2 Å². The first kappa shape index (κ1) is 33.0. The molecular weight excluding hydrogens is 663 g/mol. The molecule has 0 spiro atoms. The van der Waals surface area contributed by atoms with Crippen molar-refractivity contribution in [2.45, 2.75) is 56.1 Å². The van der Waals surface area contributed by atoms with E-state index < -0.39 is 69.5 Å². The number of nitrogens with two attached hydrogens (primary N) is 1. The van der Waals surface area contributed by atoms with Crippen LogP contribution in [0.25, 0.3) is 22.3 Å². The van der Waals surface area contributed by atoms with Gasteiger partial charge in [0.1, 0.15) is 36.8 Å². The highest BCUT2D eigenvalue weighted by Gasteiger charge is 2.56. The van der Waals surface area contributed by atoms with Crippen LogP contribution in [0.15, 0.2) is 61.2 Å². The Morgan fingerprint density at radius 3 is 2.39 bits per heavy atom.